The zero-order chi connectivity index (χ0) is 20.6. The number of aliphatic hydroxyl groups is 1. The van der Waals surface area contributed by atoms with E-state index < -0.39 is 12.3 Å². The number of carbonyl (C=O) groups excluding carboxylic acids is 1. The first-order valence-electron chi connectivity index (χ1n) is 11.3. The Kier molecular flexibility index (Phi) is 5.71. The minimum absolute atomic E-state index is 0.0882. The van der Waals surface area contributed by atoms with E-state index in [0.717, 1.165) is 38.5 Å². The van der Waals surface area contributed by atoms with E-state index >= 15 is 0 Å². The van der Waals surface area contributed by atoms with Crippen LogP contribution in [-0.2, 0) is 4.79 Å². The quantitative estimate of drug-likeness (QED) is 0.461. The minimum atomic E-state index is -1.14. The summed E-state index contributed by atoms with van der Waals surface area (Å²) in [5.74, 6) is 2.80. The third kappa shape index (κ3) is 3.60. The van der Waals surface area contributed by atoms with Crippen LogP contribution >= 0.6 is 0 Å². The Morgan fingerprint density at radius 2 is 2.14 bits per heavy atom. The van der Waals surface area contributed by atoms with Gasteiger partial charge < -0.3 is 15.8 Å². The van der Waals surface area contributed by atoms with Crippen molar-refractivity contribution in [3.05, 3.63) is 23.9 Å². The molecule has 0 radical (unpaired) electrons. The molecule has 0 saturated heterocycles. The van der Waals surface area contributed by atoms with E-state index in [1.54, 1.807) is 12.3 Å². The van der Waals surface area contributed by atoms with Gasteiger partial charge in [-0.15, -0.1) is 0 Å². The van der Waals surface area contributed by atoms with Crippen LogP contribution in [0.1, 0.15) is 58.3 Å². The van der Waals surface area contributed by atoms with Crippen molar-refractivity contribution in [2.24, 2.45) is 35.0 Å². The average Bonchev–Trinajstić information content (AvgIpc) is 3.08. The van der Waals surface area contributed by atoms with Gasteiger partial charge in [-0.25, -0.2) is 4.39 Å². The monoisotopic (exact) mass is 402 g/mol. The van der Waals surface area contributed by atoms with E-state index in [2.05, 4.69) is 18.3 Å². The van der Waals surface area contributed by atoms with Gasteiger partial charge in [-0.1, -0.05) is 18.6 Å². The third-order valence-corrected chi connectivity index (χ3v) is 8.82. The van der Waals surface area contributed by atoms with Gasteiger partial charge in [-0.05, 0) is 92.7 Å². The summed E-state index contributed by atoms with van der Waals surface area (Å²) in [6.45, 7) is 2.05. The molecule has 160 valence electrons. The predicted octanol–water partition coefficient (Wildman–Crippen LogP) is 4.20. The maximum absolute atomic E-state index is 13.3. The average molecular weight is 403 g/mol. The van der Waals surface area contributed by atoms with Gasteiger partial charge in [0.2, 0.25) is 0 Å². The van der Waals surface area contributed by atoms with Crippen LogP contribution < -0.4 is 5.32 Å². The molecule has 4 aliphatic rings. The molecule has 3 N–H and O–H groups in total. The highest BCUT2D eigenvalue weighted by Gasteiger charge is 2.57. The molecule has 0 bridgehead atoms. The van der Waals surface area contributed by atoms with E-state index in [1.807, 2.05) is 0 Å². The summed E-state index contributed by atoms with van der Waals surface area (Å²) in [5.41, 5.74) is 0.252. The Labute approximate surface area is 173 Å². The highest BCUT2D eigenvalue weighted by Crippen LogP contribution is 2.63. The molecule has 0 aromatic heterocycles. The molecule has 0 amide bonds. The molecule has 3 saturated carbocycles. The van der Waals surface area contributed by atoms with Gasteiger partial charge in [0.05, 0.1) is 12.1 Å². The van der Waals surface area contributed by atoms with Crippen LogP contribution in [0.5, 0.6) is 0 Å². The van der Waals surface area contributed by atoms with Crippen LogP contribution in [0.15, 0.2) is 23.9 Å². The Balaban J connectivity index is 1.47. The molecule has 0 heterocycles. The maximum atomic E-state index is 13.3. The fourth-order valence-electron chi connectivity index (χ4n) is 7.41. The van der Waals surface area contributed by atoms with Crippen LogP contribution in [0.4, 0.5) is 4.39 Å². The van der Waals surface area contributed by atoms with Crippen molar-refractivity contribution in [2.45, 2.75) is 63.9 Å². The zero-order valence-corrected chi connectivity index (χ0v) is 17.5. The van der Waals surface area contributed by atoms with E-state index in [-0.39, 0.29) is 11.3 Å². The van der Waals surface area contributed by atoms with Crippen molar-refractivity contribution >= 4 is 12.0 Å². The number of nitrogens with one attached hydrogen (secondary N) is 2. The molecule has 0 aliphatic heterocycles. The van der Waals surface area contributed by atoms with E-state index in [1.165, 1.54) is 11.8 Å². The molecule has 4 rings (SSSR count). The maximum Gasteiger partial charge on any atom is 0.155 e. The Morgan fingerprint density at radius 1 is 1.31 bits per heavy atom. The van der Waals surface area contributed by atoms with Crippen molar-refractivity contribution in [1.82, 2.24) is 5.32 Å². The number of carbonyl (C=O) groups is 1. The highest BCUT2D eigenvalue weighted by molar-refractivity contribution is 5.84. The molecule has 5 heteroatoms. The zero-order valence-electron chi connectivity index (χ0n) is 17.5. The summed E-state index contributed by atoms with van der Waals surface area (Å²) in [6, 6.07) is 0. The Bertz CT molecular complexity index is 720. The molecule has 7 atom stereocenters. The van der Waals surface area contributed by atoms with E-state index in [9.17, 15) is 14.3 Å². The summed E-state index contributed by atoms with van der Waals surface area (Å²) in [4.78, 5) is 12.9. The van der Waals surface area contributed by atoms with Crippen molar-refractivity contribution in [1.29, 1.82) is 5.41 Å². The summed E-state index contributed by atoms with van der Waals surface area (Å²) < 4.78 is 13.3. The lowest BCUT2D eigenvalue weighted by atomic mass is 9.51. The molecular formula is C24H35FN2O2. The second-order valence-electron chi connectivity index (χ2n) is 10.2. The molecule has 0 unspecified atom stereocenters. The molecule has 4 nitrogen and oxygen atoms in total. The Hall–Kier alpha value is -1.49. The fourth-order valence-corrected chi connectivity index (χ4v) is 7.41. The van der Waals surface area contributed by atoms with E-state index in [4.69, 9.17) is 5.41 Å². The van der Waals surface area contributed by atoms with Crippen molar-refractivity contribution < 1.29 is 14.3 Å². The molecule has 29 heavy (non-hydrogen) atoms. The number of halogens is 1. The first kappa shape index (κ1) is 20.8. The normalized spacial score (nSPS) is 43.8. The molecule has 3 fully saturated rings. The lowest BCUT2D eigenvalue weighted by Crippen LogP contribution is -2.49. The molecule has 0 aromatic rings. The Morgan fingerprint density at radius 3 is 2.90 bits per heavy atom. The number of rotatable bonds is 6. The smallest absolute Gasteiger partial charge is 0.155 e. The molecule has 4 aliphatic carbocycles. The number of alkyl halides is 1. The number of hydrogen-bond acceptors (Lipinski definition) is 4. The van der Waals surface area contributed by atoms with Crippen molar-refractivity contribution in [2.75, 3.05) is 13.2 Å². The van der Waals surface area contributed by atoms with Gasteiger partial charge in [-0.2, -0.15) is 0 Å². The van der Waals surface area contributed by atoms with Gasteiger partial charge in [-0.3, -0.25) is 4.79 Å². The summed E-state index contributed by atoms with van der Waals surface area (Å²) in [7, 11) is 0. The van der Waals surface area contributed by atoms with Gasteiger partial charge in [0.25, 0.3) is 0 Å². The summed E-state index contributed by atoms with van der Waals surface area (Å²) in [5, 5.41) is 20.5. The molecular weight excluding hydrogens is 367 g/mol. The second kappa shape index (κ2) is 7.98. The topological polar surface area (TPSA) is 73.2 Å². The predicted molar refractivity (Wildman–Crippen MR) is 112 cm³/mol. The first-order chi connectivity index (χ1) is 13.9. The SMILES string of the molecule is C[C@]12CC[C@H]3[C@@H](CC=C4C[C@@](O)(CF)CC[C@@H]43)[C@@H]1CC[C@@H]2C(=O)CN/C=C\C=N. The van der Waals surface area contributed by atoms with Gasteiger partial charge in [0, 0.05) is 12.1 Å². The lowest BCUT2D eigenvalue weighted by Gasteiger charge is -2.54. The third-order valence-electron chi connectivity index (χ3n) is 8.82. The first-order valence-corrected chi connectivity index (χ1v) is 11.3. The highest BCUT2D eigenvalue weighted by atomic mass is 19.1. The molecule has 0 aromatic carbocycles. The van der Waals surface area contributed by atoms with E-state index in [0.29, 0.717) is 48.8 Å². The van der Waals surface area contributed by atoms with Crippen LogP contribution in [-0.4, -0.2) is 35.9 Å². The minimum Gasteiger partial charge on any atom is -0.387 e. The van der Waals surface area contributed by atoms with Gasteiger partial charge in [0.15, 0.2) is 5.78 Å². The van der Waals surface area contributed by atoms with Gasteiger partial charge in [0.1, 0.15) is 6.67 Å². The largest absolute Gasteiger partial charge is 0.387 e. The number of ketones is 1. The van der Waals surface area contributed by atoms with Crippen LogP contribution in [0.2, 0.25) is 0 Å². The summed E-state index contributed by atoms with van der Waals surface area (Å²) in [6.07, 6.45) is 14.2. The number of allylic oxidation sites excluding steroid dienone is 2. The number of Topliss-reactive ketones (excluding diaryl/α,β-unsaturated/α-hetero) is 1. The van der Waals surface area contributed by atoms with Crippen LogP contribution in [0.3, 0.4) is 0 Å². The lowest BCUT2D eigenvalue weighted by molar-refractivity contribution is -0.128. The second-order valence-corrected chi connectivity index (χ2v) is 10.2. The van der Waals surface area contributed by atoms with Crippen molar-refractivity contribution in [3.8, 4) is 0 Å². The van der Waals surface area contributed by atoms with Gasteiger partial charge >= 0.3 is 0 Å². The number of hydrogen-bond donors (Lipinski definition) is 3. The number of fused-ring (bicyclic) bond motifs is 5. The summed E-state index contributed by atoms with van der Waals surface area (Å²) >= 11 is 0. The standard InChI is InChI=1S/C24H35FN2O2/c1-23-9-7-18-17-8-10-24(29,15-25)13-16(17)3-4-19(18)20(23)5-6-21(23)22(28)14-27-12-2-11-26/h2-3,11-12,17-21,26-27,29H,4-10,13-15H2,1H3/b12-2-,26-11?/t17-,18+,19+,20-,21+,23-,24+/m0/s1. The van der Waals surface area contributed by atoms with Crippen LogP contribution in [0, 0.1) is 40.4 Å². The van der Waals surface area contributed by atoms with Crippen molar-refractivity contribution in [3.63, 3.8) is 0 Å². The molecule has 0 spiro atoms. The van der Waals surface area contributed by atoms with Crippen LogP contribution in [0.25, 0.3) is 0 Å². The fraction of sp³-hybridized carbons (Fsp3) is 0.750.